The Bertz CT molecular complexity index is 725. The van der Waals surface area contributed by atoms with Crippen LogP contribution in [-0.4, -0.2) is 34.4 Å². The minimum atomic E-state index is -2.89. The third-order valence-corrected chi connectivity index (χ3v) is 5.52. The standard InChI is InChI=1S/C12H13ClN2O3S/c13-11-10-7-9(16)1-4-15(10)12(14-11)8-2-5-19(17,18)6-3-8/h1,4,7-8,16H,2-3,5-6H2. The highest BCUT2D eigenvalue weighted by molar-refractivity contribution is 7.91. The highest BCUT2D eigenvalue weighted by Gasteiger charge is 2.28. The Morgan fingerprint density at radius 2 is 2.05 bits per heavy atom. The highest BCUT2D eigenvalue weighted by atomic mass is 35.5. The summed E-state index contributed by atoms with van der Waals surface area (Å²) in [7, 11) is -2.89. The lowest BCUT2D eigenvalue weighted by molar-refractivity contribution is 0.475. The van der Waals surface area contributed by atoms with Gasteiger partial charge in [0, 0.05) is 18.2 Å². The lowest BCUT2D eigenvalue weighted by atomic mass is 10.0. The fourth-order valence-electron chi connectivity index (χ4n) is 2.50. The SMILES string of the molecule is O=S1(=O)CCC(c2nc(Cl)c3cc(O)ccn23)CC1. The van der Waals surface area contributed by atoms with Gasteiger partial charge in [0.05, 0.1) is 17.0 Å². The van der Waals surface area contributed by atoms with Crippen LogP contribution >= 0.6 is 11.6 Å². The van der Waals surface area contributed by atoms with Gasteiger partial charge in [0.2, 0.25) is 0 Å². The molecule has 2 aromatic rings. The molecular formula is C12H13ClN2O3S. The van der Waals surface area contributed by atoms with Gasteiger partial charge in [-0.3, -0.25) is 0 Å². The van der Waals surface area contributed by atoms with Gasteiger partial charge in [0.15, 0.2) is 5.15 Å². The van der Waals surface area contributed by atoms with E-state index in [0.717, 1.165) is 5.82 Å². The molecule has 1 saturated heterocycles. The summed E-state index contributed by atoms with van der Waals surface area (Å²) in [4.78, 5) is 4.32. The van der Waals surface area contributed by atoms with Crippen molar-refractivity contribution in [3.05, 3.63) is 29.3 Å². The van der Waals surface area contributed by atoms with E-state index in [-0.39, 0.29) is 23.2 Å². The van der Waals surface area contributed by atoms with E-state index in [1.807, 2.05) is 4.40 Å². The molecule has 19 heavy (non-hydrogen) atoms. The quantitative estimate of drug-likeness (QED) is 0.874. The minimum Gasteiger partial charge on any atom is -0.508 e. The minimum absolute atomic E-state index is 0.0908. The summed E-state index contributed by atoms with van der Waals surface area (Å²) >= 11 is 6.06. The van der Waals surface area contributed by atoms with E-state index >= 15 is 0 Å². The second-order valence-corrected chi connectivity index (χ2v) is 7.49. The van der Waals surface area contributed by atoms with Crippen LogP contribution in [-0.2, 0) is 9.84 Å². The average Bonchev–Trinajstić information content (AvgIpc) is 2.67. The van der Waals surface area contributed by atoms with Gasteiger partial charge < -0.3 is 9.51 Å². The molecule has 7 heteroatoms. The molecule has 1 aliphatic rings. The molecule has 0 aliphatic carbocycles. The van der Waals surface area contributed by atoms with Gasteiger partial charge in [0.1, 0.15) is 21.4 Å². The number of hydrogen-bond acceptors (Lipinski definition) is 4. The molecule has 0 aromatic carbocycles. The number of aromatic hydroxyl groups is 1. The van der Waals surface area contributed by atoms with Gasteiger partial charge in [0.25, 0.3) is 0 Å². The normalized spacial score (nSPS) is 19.8. The second-order valence-electron chi connectivity index (χ2n) is 4.83. The Kier molecular flexibility index (Phi) is 2.94. The second kappa shape index (κ2) is 4.38. The third-order valence-electron chi connectivity index (χ3n) is 3.53. The number of hydrogen-bond donors (Lipinski definition) is 1. The highest BCUT2D eigenvalue weighted by Crippen LogP contribution is 2.32. The summed E-state index contributed by atoms with van der Waals surface area (Å²) in [5.41, 5.74) is 0.644. The first-order valence-corrected chi connectivity index (χ1v) is 8.23. The zero-order valence-corrected chi connectivity index (χ0v) is 11.7. The zero-order chi connectivity index (χ0) is 13.6. The Hall–Kier alpha value is -1.27. The van der Waals surface area contributed by atoms with Crippen molar-refractivity contribution in [1.29, 1.82) is 0 Å². The predicted molar refractivity (Wildman–Crippen MR) is 72.5 cm³/mol. The van der Waals surface area contributed by atoms with Crippen molar-refractivity contribution in [3.8, 4) is 5.75 Å². The molecule has 1 N–H and O–H groups in total. The van der Waals surface area contributed by atoms with E-state index in [1.54, 1.807) is 18.3 Å². The van der Waals surface area contributed by atoms with Crippen molar-refractivity contribution in [1.82, 2.24) is 9.38 Å². The average molecular weight is 301 g/mol. The van der Waals surface area contributed by atoms with Crippen molar-refractivity contribution >= 4 is 27.0 Å². The van der Waals surface area contributed by atoms with E-state index < -0.39 is 9.84 Å². The molecule has 5 nitrogen and oxygen atoms in total. The van der Waals surface area contributed by atoms with Gasteiger partial charge in [-0.15, -0.1) is 0 Å². The molecule has 0 unspecified atom stereocenters. The molecule has 3 heterocycles. The molecule has 0 spiro atoms. The van der Waals surface area contributed by atoms with E-state index in [9.17, 15) is 13.5 Å². The Morgan fingerprint density at radius 3 is 2.74 bits per heavy atom. The van der Waals surface area contributed by atoms with Gasteiger partial charge >= 0.3 is 0 Å². The van der Waals surface area contributed by atoms with Crippen LogP contribution in [0.4, 0.5) is 0 Å². The summed E-state index contributed by atoms with van der Waals surface area (Å²) in [6, 6.07) is 3.12. The van der Waals surface area contributed by atoms with Crippen LogP contribution in [0.15, 0.2) is 18.3 Å². The number of fused-ring (bicyclic) bond motifs is 1. The molecule has 1 fully saturated rings. The van der Waals surface area contributed by atoms with E-state index in [1.165, 1.54) is 0 Å². The van der Waals surface area contributed by atoms with Crippen LogP contribution in [0.1, 0.15) is 24.6 Å². The first-order chi connectivity index (χ1) is 8.96. The van der Waals surface area contributed by atoms with Crippen molar-refractivity contribution in [2.75, 3.05) is 11.5 Å². The van der Waals surface area contributed by atoms with Crippen molar-refractivity contribution < 1.29 is 13.5 Å². The summed E-state index contributed by atoms with van der Waals surface area (Å²) in [5, 5.41) is 9.80. The number of sulfone groups is 1. The third kappa shape index (κ3) is 2.30. The van der Waals surface area contributed by atoms with E-state index in [0.29, 0.717) is 23.5 Å². The van der Waals surface area contributed by atoms with Gasteiger partial charge in [-0.2, -0.15) is 0 Å². The van der Waals surface area contributed by atoms with Gasteiger partial charge in [-0.05, 0) is 18.9 Å². The van der Waals surface area contributed by atoms with Crippen LogP contribution < -0.4 is 0 Å². The molecule has 0 radical (unpaired) electrons. The van der Waals surface area contributed by atoms with Crippen molar-refractivity contribution in [2.45, 2.75) is 18.8 Å². The molecule has 0 amide bonds. The smallest absolute Gasteiger partial charge is 0.155 e. The van der Waals surface area contributed by atoms with Gasteiger partial charge in [-0.25, -0.2) is 13.4 Å². The number of imidazole rings is 1. The Balaban J connectivity index is 2.02. The molecule has 0 saturated carbocycles. The van der Waals surface area contributed by atoms with Crippen LogP contribution in [0.2, 0.25) is 5.15 Å². The number of rotatable bonds is 1. The van der Waals surface area contributed by atoms with Crippen molar-refractivity contribution in [3.63, 3.8) is 0 Å². The molecule has 1 aliphatic heterocycles. The maximum atomic E-state index is 11.5. The number of nitrogens with zero attached hydrogens (tertiary/aromatic N) is 2. The lowest BCUT2D eigenvalue weighted by Gasteiger charge is -2.20. The summed E-state index contributed by atoms with van der Waals surface area (Å²) in [5.74, 6) is 1.39. The largest absolute Gasteiger partial charge is 0.508 e. The van der Waals surface area contributed by atoms with Crippen LogP contribution in [0.5, 0.6) is 5.75 Å². The van der Waals surface area contributed by atoms with E-state index in [4.69, 9.17) is 11.6 Å². The van der Waals surface area contributed by atoms with Crippen LogP contribution in [0.3, 0.4) is 0 Å². The predicted octanol–water partition coefficient (Wildman–Crippen LogP) is 1.99. The van der Waals surface area contributed by atoms with Crippen LogP contribution in [0, 0.1) is 0 Å². The van der Waals surface area contributed by atoms with Crippen LogP contribution in [0.25, 0.3) is 5.52 Å². The monoisotopic (exact) mass is 300 g/mol. The van der Waals surface area contributed by atoms with Crippen molar-refractivity contribution in [2.24, 2.45) is 0 Å². The molecular weight excluding hydrogens is 288 g/mol. The lowest BCUT2D eigenvalue weighted by Crippen LogP contribution is -2.23. The molecule has 2 aromatic heterocycles. The zero-order valence-electron chi connectivity index (χ0n) is 10.1. The molecule has 102 valence electrons. The molecule has 3 rings (SSSR count). The maximum absolute atomic E-state index is 11.5. The first kappa shape index (κ1) is 12.7. The topological polar surface area (TPSA) is 71.7 Å². The summed E-state index contributed by atoms with van der Waals surface area (Å²) < 4.78 is 24.7. The summed E-state index contributed by atoms with van der Waals surface area (Å²) in [6.45, 7) is 0. The number of aromatic nitrogens is 2. The number of pyridine rings is 1. The first-order valence-electron chi connectivity index (χ1n) is 6.03. The fourth-order valence-corrected chi connectivity index (χ4v) is 4.22. The fraction of sp³-hybridized carbons (Fsp3) is 0.417. The van der Waals surface area contributed by atoms with Gasteiger partial charge in [-0.1, -0.05) is 11.6 Å². The Morgan fingerprint density at radius 1 is 1.37 bits per heavy atom. The van der Waals surface area contributed by atoms with E-state index in [2.05, 4.69) is 4.98 Å². The Labute approximate surface area is 115 Å². The summed E-state index contributed by atoms with van der Waals surface area (Å²) in [6.07, 6.45) is 2.85. The molecule has 0 bridgehead atoms. The number of halogens is 1. The maximum Gasteiger partial charge on any atom is 0.155 e. The molecule has 0 atom stereocenters.